The summed E-state index contributed by atoms with van der Waals surface area (Å²) in [6.07, 6.45) is 0.573. The molecule has 0 aromatic rings. The first-order valence-corrected chi connectivity index (χ1v) is 4.90. The van der Waals surface area contributed by atoms with E-state index in [9.17, 15) is 9.36 Å². The van der Waals surface area contributed by atoms with E-state index < -0.39 is 14.0 Å². The molecule has 0 fully saturated rings. The van der Waals surface area contributed by atoms with Crippen LogP contribution in [0, 0.1) is 0 Å². The first kappa shape index (κ1) is 11.3. The fourth-order valence-electron chi connectivity index (χ4n) is 0.488. The van der Waals surface area contributed by atoms with E-state index in [1.807, 2.05) is 0 Å². The van der Waals surface area contributed by atoms with Crippen molar-refractivity contribution < 1.29 is 19.0 Å². The average molecular weight is 191 g/mol. The first-order chi connectivity index (χ1) is 5.54. The molecule has 0 aliphatic rings. The van der Waals surface area contributed by atoms with Crippen molar-refractivity contribution >= 4 is 14.0 Å². The lowest BCUT2D eigenvalue weighted by Gasteiger charge is -1.99. The maximum absolute atomic E-state index is 10.7. The van der Waals surface area contributed by atoms with Crippen LogP contribution in [0.25, 0.3) is 0 Å². The van der Waals surface area contributed by atoms with Gasteiger partial charge in [-0.05, 0) is 11.5 Å². The summed E-state index contributed by atoms with van der Waals surface area (Å²) in [7, 11) is -2.11. The molecular weight excluding hydrogens is 179 g/mol. The molecule has 0 saturated heterocycles. The van der Waals surface area contributed by atoms with Crippen LogP contribution < -0.4 is 0 Å². The van der Waals surface area contributed by atoms with Crippen LogP contribution in [-0.4, -0.2) is 23.6 Å². The van der Waals surface area contributed by atoms with Crippen molar-refractivity contribution in [1.82, 2.24) is 0 Å². The van der Waals surface area contributed by atoms with Gasteiger partial charge in [0.2, 0.25) is 0 Å². The Morgan fingerprint density at radius 1 is 1.67 bits per heavy atom. The largest absolute Gasteiger partial charge is 0.505 e. The van der Waals surface area contributed by atoms with E-state index in [-0.39, 0.29) is 12.8 Å². The van der Waals surface area contributed by atoms with Crippen molar-refractivity contribution in [1.29, 1.82) is 0 Å². The fourth-order valence-corrected chi connectivity index (χ4v) is 0.887. The highest BCUT2D eigenvalue weighted by Gasteiger charge is 2.10. The zero-order valence-corrected chi connectivity index (χ0v) is 7.84. The molecule has 1 unspecified atom stereocenters. The Morgan fingerprint density at radius 3 is 2.67 bits per heavy atom. The Kier molecular flexibility index (Phi) is 5.51. The van der Waals surface area contributed by atoms with Gasteiger partial charge in [0.15, 0.2) is 6.16 Å². The molecule has 12 heavy (non-hydrogen) atoms. The maximum atomic E-state index is 10.7. The van der Waals surface area contributed by atoms with Crippen LogP contribution in [0.4, 0.5) is 0 Å². The molecule has 0 amide bonds. The van der Waals surface area contributed by atoms with E-state index >= 15 is 0 Å². The summed E-state index contributed by atoms with van der Waals surface area (Å²) in [6.45, 7) is 5.11. The summed E-state index contributed by atoms with van der Waals surface area (Å²) in [5, 5.41) is 0. The van der Waals surface area contributed by atoms with E-state index in [0.29, 0.717) is 12.0 Å². The van der Waals surface area contributed by atoms with E-state index in [1.165, 1.54) is 0 Å². The Balaban J connectivity index is 3.38. The molecule has 1 N–H and O–H groups in total. The molecule has 0 heterocycles. The summed E-state index contributed by atoms with van der Waals surface area (Å²) < 4.78 is 14.8. The Hall–Kier alpha value is -0.730. The van der Waals surface area contributed by atoms with E-state index in [4.69, 9.17) is 4.89 Å². The fraction of sp³-hybridized carbons (Fsp3) is 0.571. The van der Waals surface area contributed by atoms with Crippen molar-refractivity contribution in [2.45, 2.75) is 13.3 Å². The summed E-state index contributed by atoms with van der Waals surface area (Å²) in [6, 6.07) is 0. The first-order valence-electron chi connectivity index (χ1n) is 3.50. The van der Waals surface area contributed by atoms with Gasteiger partial charge in [0, 0.05) is 12.0 Å². The molecule has 1 atom stereocenters. The van der Waals surface area contributed by atoms with Gasteiger partial charge in [0.1, 0.15) is 0 Å². The Bertz CT molecular complexity index is 200. The van der Waals surface area contributed by atoms with Crippen molar-refractivity contribution in [3.63, 3.8) is 0 Å². The van der Waals surface area contributed by atoms with Gasteiger partial charge in [-0.15, -0.1) is 0 Å². The molecule has 0 aromatic carbocycles. The van der Waals surface area contributed by atoms with Crippen LogP contribution >= 0.6 is 8.03 Å². The second-order valence-corrected chi connectivity index (χ2v) is 3.50. The van der Waals surface area contributed by atoms with Gasteiger partial charge in [-0.2, -0.15) is 4.89 Å². The minimum Gasteiger partial charge on any atom is -0.462 e. The molecule has 0 saturated carbocycles. The maximum Gasteiger partial charge on any atom is 0.505 e. The zero-order valence-electron chi connectivity index (χ0n) is 6.95. The van der Waals surface area contributed by atoms with Gasteiger partial charge in [-0.1, -0.05) is 6.58 Å². The monoisotopic (exact) mass is 191 g/mol. The zero-order chi connectivity index (χ0) is 9.56. The molecule has 0 radical (unpaired) electrons. The van der Waals surface area contributed by atoms with Crippen molar-refractivity contribution in [3.8, 4) is 0 Å². The van der Waals surface area contributed by atoms with E-state index in [1.54, 1.807) is 6.92 Å². The molecule has 5 heteroatoms. The topological polar surface area (TPSA) is 63.6 Å². The number of rotatable bonds is 5. The summed E-state index contributed by atoms with van der Waals surface area (Å²) >= 11 is 0. The molecule has 0 aliphatic heterocycles. The highest BCUT2D eigenvalue weighted by molar-refractivity contribution is 7.37. The second-order valence-electron chi connectivity index (χ2n) is 2.35. The quantitative estimate of drug-likeness (QED) is 0.307. The van der Waals surface area contributed by atoms with Crippen molar-refractivity contribution in [3.05, 3.63) is 12.2 Å². The Morgan fingerprint density at radius 2 is 2.25 bits per heavy atom. The molecule has 0 aliphatic carbocycles. The number of esters is 1. The summed E-state index contributed by atoms with van der Waals surface area (Å²) in [4.78, 5) is 19.1. The highest BCUT2D eigenvalue weighted by Crippen LogP contribution is 2.13. The SMILES string of the molecule is C=C(C)C(=O)OCCC[P+](=O)O. The highest BCUT2D eigenvalue weighted by atomic mass is 31.1. The van der Waals surface area contributed by atoms with Crippen LogP contribution in [-0.2, 0) is 14.1 Å². The summed E-state index contributed by atoms with van der Waals surface area (Å²) in [5.74, 6) is -0.455. The van der Waals surface area contributed by atoms with Crippen LogP contribution in [0.3, 0.4) is 0 Å². The molecule has 0 rings (SSSR count). The summed E-state index contributed by atoms with van der Waals surface area (Å²) in [5.41, 5.74) is 0.336. The number of hydrogen-bond donors (Lipinski definition) is 1. The third kappa shape index (κ3) is 6.01. The van der Waals surface area contributed by atoms with Gasteiger partial charge < -0.3 is 4.74 Å². The van der Waals surface area contributed by atoms with Crippen LogP contribution in [0.1, 0.15) is 13.3 Å². The number of carbonyl (C=O) groups excluding carboxylic acids is 1. The van der Waals surface area contributed by atoms with Crippen molar-refractivity contribution in [2.75, 3.05) is 12.8 Å². The molecule has 0 spiro atoms. The minimum atomic E-state index is -2.11. The van der Waals surface area contributed by atoms with Crippen LogP contribution in [0.15, 0.2) is 12.2 Å². The predicted molar refractivity (Wildman–Crippen MR) is 45.1 cm³/mol. The minimum absolute atomic E-state index is 0.165. The van der Waals surface area contributed by atoms with Gasteiger partial charge in [-0.25, -0.2) is 4.79 Å². The van der Waals surface area contributed by atoms with Gasteiger partial charge in [0.05, 0.1) is 6.61 Å². The number of carbonyl (C=O) groups is 1. The number of ether oxygens (including phenoxy) is 1. The lowest BCUT2D eigenvalue weighted by Crippen LogP contribution is -2.06. The third-order valence-electron chi connectivity index (χ3n) is 1.08. The average Bonchev–Trinajstić information content (AvgIpc) is 1.97. The molecular formula is C7H12O4P+. The van der Waals surface area contributed by atoms with Crippen LogP contribution in [0.5, 0.6) is 0 Å². The molecule has 68 valence electrons. The van der Waals surface area contributed by atoms with E-state index in [2.05, 4.69) is 11.3 Å². The normalized spacial score (nSPS) is 10.7. The molecule has 0 aromatic heterocycles. The second kappa shape index (κ2) is 5.86. The van der Waals surface area contributed by atoms with Gasteiger partial charge in [0.25, 0.3) is 0 Å². The van der Waals surface area contributed by atoms with Gasteiger partial charge >= 0.3 is 14.0 Å². The van der Waals surface area contributed by atoms with Crippen LogP contribution in [0.2, 0.25) is 0 Å². The molecule has 4 nitrogen and oxygen atoms in total. The predicted octanol–water partition coefficient (Wildman–Crippen LogP) is 1.23. The smallest absolute Gasteiger partial charge is 0.462 e. The third-order valence-corrected chi connectivity index (χ3v) is 1.77. The van der Waals surface area contributed by atoms with E-state index in [0.717, 1.165) is 0 Å². The lowest BCUT2D eigenvalue weighted by molar-refractivity contribution is -0.138. The van der Waals surface area contributed by atoms with Gasteiger partial charge in [-0.3, -0.25) is 0 Å². The number of hydrogen-bond acceptors (Lipinski definition) is 3. The molecule has 0 bridgehead atoms. The lowest BCUT2D eigenvalue weighted by atomic mass is 10.4. The Labute approximate surface area is 72.1 Å². The standard InChI is InChI=1S/C7H11O4P/c1-6(2)7(8)11-4-3-5-12(9)10/h1,3-5H2,2H3/p+1. The van der Waals surface area contributed by atoms with Crippen molar-refractivity contribution in [2.24, 2.45) is 0 Å².